The van der Waals surface area contributed by atoms with E-state index in [0.717, 1.165) is 28.2 Å². The van der Waals surface area contributed by atoms with Crippen molar-refractivity contribution in [1.82, 2.24) is 20.0 Å². The van der Waals surface area contributed by atoms with Crippen molar-refractivity contribution in [3.8, 4) is 11.3 Å². The molecule has 0 radical (unpaired) electrons. The van der Waals surface area contributed by atoms with Crippen LogP contribution in [0.1, 0.15) is 17.0 Å². The molecule has 2 aromatic heterocycles. The van der Waals surface area contributed by atoms with E-state index in [4.69, 9.17) is 5.73 Å². The van der Waals surface area contributed by atoms with Crippen LogP contribution in [-0.4, -0.2) is 20.0 Å². The van der Waals surface area contributed by atoms with Crippen LogP contribution in [0, 0.1) is 13.8 Å². The molecule has 84 valence electrons. The monoisotopic (exact) mass is 217 g/mol. The lowest BCUT2D eigenvalue weighted by Crippen LogP contribution is -2.03. The maximum Gasteiger partial charge on any atom is 0.0993 e. The summed E-state index contributed by atoms with van der Waals surface area (Å²) in [6.07, 6.45) is 1.95. The molecule has 5 nitrogen and oxygen atoms in total. The molecular formula is C11H15N5. The number of aryl methyl sites for hydroxylation is 3. The Balaban J connectivity index is 2.52. The van der Waals surface area contributed by atoms with Gasteiger partial charge in [0.05, 0.1) is 17.1 Å². The Morgan fingerprint density at radius 2 is 2.06 bits per heavy atom. The van der Waals surface area contributed by atoms with Gasteiger partial charge in [0.1, 0.15) is 0 Å². The smallest absolute Gasteiger partial charge is 0.0993 e. The van der Waals surface area contributed by atoms with E-state index in [1.807, 2.05) is 33.2 Å². The fraction of sp³-hybridized carbons (Fsp3) is 0.364. The van der Waals surface area contributed by atoms with Crippen LogP contribution >= 0.6 is 0 Å². The highest BCUT2D eigenvalue weighted by Crippen LogP contribution is 2.22. The molecule has 0 aromatic carbocycles. The molecule has 0 atom stereocenters. The highest BCUT2D eigenvalue weighted by Gasteiger charge is 2.11. The molecule has 0 bridgehead atoms. The van der Waals surface area contributed by atoms with Crippen LogP contribution in [0.2, 0.25) is 0 Å². The van der Waals surface area contributed by atoms with Gasteiger partial charge in [-0.2, -0.15) is 10.2 Å². The van der Waals surface area contributed by atoms with Gasteiger partial charge in [-0.1, -0.05) is 0 Å². The summed E-state index contributed by atoms with van der Waals surface area (Å²) in [7, 11) is 1.90. The Labute approximate surface area is 94.3 Å². The maximum atomic E-state index is 5.52. The summed E-state index contributed by atoms with van der Waals surface area (Å²) in [6, 6.07) is 1.97. The standard InChI is InChI=1S/C11H15N5/c1-7-4-9(5-12)13-14-11(7)10-6-16(3)15-8(10)2/h4,6H,5,12H2,1-3H3. The molecule has 0 unspecified atom stereocenters. The molecule has 0 aliphatic rings. The van der Waals surface area contributed by atoms with Gasteiger partial charge >= 0.3 is 0 Å². The van der Waals surface area contributed by atoms with E-state index in [2.05, 4.69) is 15.3 Å². The van der Waals surface area contributed by atoms with Crippen molar-refractivity contribution in [2.24, 2.45) is 12.8 Å². The molecule has 2 N–H and O–H groups in total. The Bertz CT molecular complexity index is 515. The maximum absolute atomic E-state index is 5.52. The Kier molecular flexibility index (Phi) is 2.70. The number of aromatic nitrogens is 4. The molecular weight excluding hydrogens is 202 g/mol. The molecule has 5 heteroatoms. The summed E-state index contributed by atoms with van der Waals surface area (Å²) in [5, 5.41) is 12.6. The van der Waals surface area contributed by atoms with E-state index in [0.29, 0.717) is 6.54 Å². The zero-order valence-corrected chi connectivity index (χ0v) is 9.73. The van der Waals surface area contributed by atoms with Crippen molar-refractivity contribution < 1.29 is 0 Å². The van der Waals surface area contributed by atoms with Crippen LogP contribution in [-0.2, 0) is 13.6 Å². The summed E-state index contributed by atoms with van der Waals surface area (Å²) >= 11 is 0. The Morgan fingerprint density at radius 1 is 1.31 bits per heavy atom. The molecule has 0 saturated carbocycles. The molecule has 2 heterocycles. The highest BCUT2D eigenvalue weighted by atomic mass is 15.3. The fourth-order valence-electron chi connectivity index (χ4n) is 1.74. The molecule has 16 heavy (non-hydrogen) atoms. The van der Waals surface area contributed by atoms with Crippen LogP contribution in [0.5, 0.6) is 0 Å². The van der Waals surface area contributed by atoms with Crippen LogP contribution in [0.4, 0.5) is 0 Å². The van der Waals surface area contributed by atoms with Crippen LogP contribution < -0.4 is 5.73 Å². The summed E-state index contributed by atoms with van der Waals surface area (Å²) in [4.78, 5) is 0. The minimum Gasteiger partial charge on any atom is -0.325 e. The number of hydrogen-bond donors (Lipinski definition) is 1. The fourth-order valence-corrected chi connectivity index (χ4v) is 1.74. The zero-order valence-electron chi connectivity index (χ0n) is 9.73. The summed E-state index contributed by atoms with van der Waals surface area (Å²) in [5.74, 6) is 0. The molecule has 0 saturated heterocycles. The first-order valence-corrected chi connectivity index (χ1v) is 5.15. The largest absolute Gasteiger partial charge is 0.325 e. The average Bonchev–Trinajstić information content (AvgIpc) is 2.57. The first kappa shape index (κ1) is 10.8. The zero-order chi connectivity index (χ0) is 11.7. The number of nitrogens with zero attached hydrogens (tertiary/aromatic N) is 4. The first-order valence-electron chi connectivity index (χ1n) is 5.15. The number of hydrogen-bond acceptors (Lipinski definition) is 4. The van der Waals surface area contributed by atoms with E-state index in [1.54, 1.807) is 4.68 Å². The minimum atomic E-state index is 0.417. The lowest BCUT2D eigenvalue weighted by molar-refractivity contribution is 0.756. The van der Waals surface area contributed by atoms with Gasteiger partial charge in [0.15, 0.2) is 0 Å². The summed E-state index contributed by atoms with van der Waals surface area (Å²) in [5.41, 5.74) is 10.3. The van der Waals surface area contributed by atoms with Gasteiger partial charge in [-0.15, -0.1) is 5.10 Å². The third kappa shape index (κ3) is 1.81. The van der Waals surface area contributed by atoms with Gasteiger partial charge < -0.3 is 5.73 Å². The Morgan fingerprint density at radius 3 is 2.56 bits per heavy atom. The van der Waals surface area contributed by atoms with Gasteiger partial charge in [0.2, 0.25) is 0 Å². The molecule has 0 fully saturated rings. The van der Waals surface area contributed by atoms with E-state index in [-0.39, 0.29) is 0 Å². The molecule has 0 spiro atoms. The van der Waals surface area contributed by atoms with E-state index in [9.17, 15) is 0 Å². The Hall–Kier alpha value is -1.75. The van der Waals surface area contributed by atoms with Gasteiger partial charge in [-0.3, -0.25) is 4.68 Å². The molecule has 0 aliphatic heterocycles. The van der Waals surface area contributed by atoms with Crippen LogP contribution in [0.15, 0.2) is 12.3 Å². The highest BCUT2D eigenvalue weighted by molar-refractivity contribution is 5.63. The van der Waals surface area contributed by atoms with Crippen LogP contribution in [0.25, 0.3) is 11.3 Å². The summed E-state index contributed by atoms with van der Waals surface area (Å²) in [6.45, 7) is 4.39. The van der Waals surface area contributed by atoms with Gasteiger partial charge in [0, 0.05) is 25.4 Å². The van der Waals surface area contributed by atoms with Crippen molar-refractivity contribution in [3.63, 3.8) is 0 Å². The van der Waals surface area contributed by atoms with Crippen molar-refractivity contribution in [1.29, 1.82) is 0 Å². The predicted molar refractivity (Wildman–Crippen MR) is 61.6 cm³/mol. The molecule has 0 amide bonds. The topological polar surface area (TPSA) is 69.6 Å². The average molecular weight is 217 g/mol. The lowest BCUT2D eigenvalue weighted by Gasteiger charge is -2.03. The van der Waals surface area contributed by atoms with E-state index >= 15 is 0 Å². The van der Waals surface area contributed by atoms with Gasteiger partial charge in [-0.05, 0) is 25.5 Å². The van der Waals surface area contributed by atoms with Gasteiger partial charge in [0.25, 0.3) is 0 Å². The van der Waals surface area contributed by atoms with Crippen molar-refractivity contribution in [2.45, 2.75) is 20.4 Å². The SMILES string of the molecule is Cc1cc(CN)nnc1-c1cn(C)nc1C. The van der Waals surface area contributed by atoms with Crippen LogP contribution in [0.3, 0.4) is 0 Å². The lowest BCUT2D eigenvalue weighted by atomic mass is 10.1. The van der Waals surface area contributed by atoms with Crippen molar-refractivity contribution in [3.05, 3.63) is 29.2 Å². The molecule has 0 aliphatic carbocycles. The predicted octanol–water partition coefficient (Wildman–Crippen LogP) is 0.953. The van der Waals surface area contributed by atoms with E-state index in [1.165, 1.54) is 0 Å². The second-order valence-electron chi connectivity index (χ2n) is 3.87. The summed E-state index contributed by atoms with van der Waals surface area (Å²) < 4.78 is 1.78. The minimum absolute atomic E-state index is 0.417. The van der Waals surface area contributed by atoms with Crippen molar-refractivity contribution >= 4 is 0 Å². The van der Waals surface area contributed by atoms with Gasteiger partial charge in [-0.25, -0.2) is 0 Å². The molecule has 2 aromatic rings. The van der Waals surface area contributed by atoms with Crippen molar-refractivity contribution in [2.75, 3.05) is 0 Å². The third-order valence-electron chi connectivity index (χ3n) is 2.51. The number of rotatable bonds is 2. The normalized spacial score (nSPS) is 10.8. The molecule has 2 rings (SSSR count). The third-order valence-corrected chi connectivity index (χ3v) is 2.51. The quantitative estimate of drug-likeness (QED) is 0.813. The van der Waals surface area contributed by atoms with E-state index < -0.39 is 0 Å². The second kappa shape index (κ2) is 4.02. The first-order chi connectivity index (χ1) is 7.61. The second-order valence-corrected chi connectivity index (χ2v) is 3.87. The number of nitrogens with two attached hydrogens (primary N) is 1.